The van der Waals surface area contributed by atoms with Crippen molar-refractivity contribution in [3.63, 3.8) is 0 Å². The van der Waals surface area contributed by atoms with E-state index in [-0.39, 0.29) is 12.4 Å². The van der Waals surface area contributed by atoms with E-state index in [0.717, 1.165) is 6.08 Å². The van der Waals surface area contributed by atoms with Gasteiger partial charge in [0.05, 0.1) is 26.6 Å². The van der Waals surface area contributed by atoms with E-state index in [9.17, 15) is 9.59 Å². The number of carbonyl (C=O) groups excluding carboxylic acids is 2. The molecule has 0 spiro atoms. The third-order valence-corrected chi connectivity index (χ3v) is 1.48. The van der Waals surface area contributed by atoms with Gasteiger partial charge in [0.15, 0.2) is 0 Å². The van der Waals surface area contributed by atoms with Crippen molar-refractivity contribution in [1.82, 2.24) is 5.32 Å². The van der Waals surface area contributed by atoms with Crippen LogP contribution in [0.4, 0.5) is 0 Å². The first-order chi connectivity index (χ1) is 6.63. The zero-order valence-electron chi connectivity index (χ0n) is 8.00. The predicted octanol–water partition coefficient (Wildman–Crippen LogP) is 0.392. The Kier molecular flexibility index (Phi) is 6.57. The van der Waals surface area contributed by atoms with E-state index in [1.807, 2.05) is 0 Å². The van der Waals surface area contributed by atoms with Gasteiger partial charge < -0.3 is 14.8 Å². The maximum Gasteiger partial charge on any atom is 0.332 e. The Labute approximate surface area is 87.0 Å². The van der Waals surface area contributed by atoms with Gasteiger partial charge in [-0.3, -0.25) is 4.79 Å². The van der Waals surface area contributed by atoms with Crippen LogP contribution >= 0.6 is 11.6 Å². The van der Waals surface area contributed by atoms with Crippen molar-refractivity contribution in [3.05, 3.63) is 11.8 Å². The molecule has 0 saturated carbocycles. The maximum atomic E-state index is 10.9. The number of halogens is 1. The SMILES string of the molecule is COC(=O)C=C(CC(=O)OC)NCCl. The van der Waals surface area contributed by atoms with E-state index in [1.165, 1.54) is 14.2 Å². The summed E-state index contributed by atoms with van der Waals surface area (Å²) in [5.74, 6) is -1.01. The number of methoxy groups -OCH3 is 2. The summed E-state index contributed by atoms with van der Waals surface area (Å²) >= 11 is 5.39. The summed E-state index contributed by atoms with van der Waals surface area (Å²) in [6.45, 7) is 0. The number of hydrogen-bond acceptors (Lipinski definition) is 5. The summed E-state index contributed by atoms with van der Waals surface area (Å²) in [5, 5.41) is 2.64. The molecule has 0 aliphatic heterocycles. The van der Waals surface area contributed by atoms with Crippen LogP contribution in [0, 0.1) is 0 Å². The van der Waals surface area contributed by atoms with Gasteiger partial charge in [0.1, 0.15) is 0 Å². The predicted molar refractivity (Wildman–Crippen MR) is 50.6 cm³/mol. The fraction of sp³-hybridized carbons (Fsp3) is 0.500. The summed E-state index contributed by atoms with van der Waals surface area (Å²) in [6.07, 6.45) is 1.11. The molecule has 0 aliphatic carbocycles. The molecular weight excluding hydrogens is 210 g/mol. The second kappa shape index (κ2) is 7.20. The molecule has 0 fully saturated rings. The van der Waals surface area contributed by atoms with Crippen LogP contribution in [-0.2, 0) is 19.1 Å². The third-order valence-electron chi connectivity index (χ3n) is 1.35. The van der Waals surface area contributed by atoms with Gasteiger partial charge in [-0.15, -0.1) is 11.6 Å². The van der Waals surface area contributed by atoms with Crippen LogP contribution in [0.15, 0.2) is 11.8 Å². The number of alkyl halides is 1. The van der Waals surface area contributed by atoms with E-state index in [1.54, 1.807) is 0 Å². The summed E-state index contributed by atoms with van der Waals surface area (Å²) in [4.78, 5) is 21.7. The summed E-state index contributed by atoms with van der Waals surface area (Å²) in [7, 11) is 2.51. The Morgan fingerprint density at radius 1 is 1.36 bits per heavy atom. The molecule has 0 saturated heterocycles. The quantitative estimate of drug-likeness (QED) is 0.315. The van der Waals surface area contributed by atoms with Crippen molar-refractivity contribution in [2.75, 3.05) is 20.2 Å². The van der Waals surface area contributed by atoms with Crippen molar-refractivity contribution < 1.29 is 19.1 Å². The highest BCUT2D eigenvalue weighted by Gasteiger charge is 2.07. The molecule has 0 aromatic heterocycles. The molecular formula is C8H12ClNO4. The number of esters is 2. The van der Waals surface area contributed by atoms with Crippen LogP contribution in [-0.4, -0.2) is 32.2 Å². The van der Waals surface area contributed by atoms with Gasteiger partial charge >= 0.3 is 11.9 Å². The zero-order chi connectivity index (χ0) is 11.0. The van der Waals surface area contributed by atoms with Crippen LogP contribution in [0.25, 0.3) is 0 Å². The molecule has 0 amide bonds. The molecule has 5 nitrogen and oxygen atoms in total. The number of hydrogen-bond donors (Lipinski definition) is 1. The highest BCUT2D eigenvalue weighted by atomic mass is 35.5. The molecule has 1 N–H and O–H groups in total. The monoisotopic (exact) mass is 221 g/mol. The number of nitrogens with one attached hydrogen (secondary N) is 1. The van der Waals surface area contributed by atoms with E-state index >= 15 is 0 Å². The third kappa shape index (κ3) is 5.42. The largest absolute Gasteiger partial charge is 0.469 e. The Hall–Kier alpha value is -1.23. The summed E-state index contributed by atoms with van der Waals surface area (Å²) < 4.78 is 8.82. The Morgan fingerprint density at radius 2 is 2.00 bits per heavy atom. The minimum Gasteiger partial charge on any atom is -0.469 e. The van der Waals surface area contributed by atoms with Gasteiger partial charge in [-0.25, -0.2) is 4.79 Å². The molecule has 0 heterocycles. The molecule has 6 heteroatoms. The second-order valence-corrected chi connectivity index (χ2v) is 2.52. The molecule has 0 bridgehead atoms. The molecule has 80 valence electrons. The number of rotatable bonds is 5. The van der Waals surface area contributed by atoms with Crippen LogP contribution in [0.3, 0.4) is 0 Å². The molecule has 0 radical (unpaired) electrons. The molecule has 0 aliphatic rings. The molecule has 0 aromatic rings. The highest BCUT2D eigenvalue weighted by Crippen LogP contribution is 1.99. The van der Waals surface area contributed by atoms with Gasteiger partial charge in [0.2, 0.25) is 0 Å². The highest BCUT2D eigenvalue weighted by molar-refractivity contribution is 6.17. The summed E-state index contributed by atoms with van der Waals surface area (Å²) in [5.41, 5.74) is 0.360. The smallest absolute Gasteiger partial charge is 0.332 e. The van der Waals surface area contributed by atoms with Crippen molar-refractivity contribution in [1.29, 1.82) is 0 Å². The van der Waals surface area contributed by atoms with Crippen molar-refractivity contribution in [2.45, 2.75) is 6.42 Å². The number of ether oxygens (including phenoxy) is 2. The Balaban J connectivity index is 4.34. The van der Waals surface area contributed by atoms with Crippen LogP contribution in [0.5, 0.6) is 0 Å². The standard InChI is InChI=1S/C8H12ClNO4/c1-13-7(11)3-6(10-5-9)4-8(12)14-2/h3,10H,4-5H2,1-2H3. The van der Waals surface area contributed by atoms with Crippen molar-refractivity contribution >= 4 is 23.5 Å². The average molecular weight is 222 g/mol. The minimum atomic E-state index is -0.554. The van der Waals surface area contributed by atoms with Gasteiger partial charge in [0.25, 0.3) is 0 Å². The lowest BCUT2D eigenvalue weighted by Crippen LogP contribution is -2.17. The Bertz CT molecular complexity index is 239. The fourth-order valence-electron chi connectivity index (χ4n) is 0.679. The summed E-state index contributed by atoms with van der Waals surface area (Å²) in [6, 6.07) is 0.0970. The van der Waals surface area contributed by atoms with E-state index < -0.39 is 11.9 Å². The molecule has 0 unspecified atom stereocenters. The van der Waals surface area contributed by atoms with Crippen molar-refractivity contribution in [2.24, 2.45) is 0 Å². The lowest BCUT2D eigenvalue weighted by Gasteiger charge is -2.06. The van der Waals surface area contributed by atoms with E-state index in [2.05, 4.69) is 14.8 Å². The maximum absolute atomic E-state index is 10.9. The van der Waals surface area contributed by atoms with E-state index in [0.29, 0.717) is 5.70 Å². The van der Waals surface area contributed by atoms with Gasteiger partial charge in [-0.1, -0.05) is 0 Å². The second-order valence-electron chi connectivity index (χ2n) is 2.26. The minimum absolute atomic E-state index is 0.0433. The number of carbonyl (C=O) groups is 2. The first-order valence-corrected chi connectivity index (χ1v) is 4.32. The topological polar surface area (TPSA) is 64.6 Å². The van der Waals surface area contributed by atoms with Crippen LogP contribution in [0.2, 0.25) is 0 Å². The zero-order valence-corrected chi connectivity index (χ0v) is 8.76. The Morgan fingerprint density at radius 3 is 2.43 bits per heavy atom. The fourth-order valence-corrected chi connectivity index (χ4v) is 0.851. The van der Waals surface area contributed by atoms with E-state index in [4.69, 9.17) is 11.6 Å². The first-order valence-electron chi connectivity index (χ1n) is 3.79. The molecule has 0 aromatic carbocycles. The van der Waals surface area contributed by atoms with Crippen molar-refractivity contribution in [3.8, 4) is 0 Å². The normalized spacial score (nSPS) is 10.6. The van der Waals surface area contributed by atoms with Gasteiger partial charge in [-0.2, -0.15) is 0 Å². The van der Waals surface area contributed by atoms with Gasteiger partial charge in [-0.05, 0) is 0 Å². The molecule has 0 rings (SSSR count). The van der Waals surface area contributed by atoms with Gasteiger partial charge in [0, 0.05) is 11.8 Å². The molecule has 14 heavy (non-hydrogen) atoms. The first kappa shape index (κ1) is 12.8. The van der Waals surface area contributed by atoms with Crippen LogP contribution < -0.4 is 5.32 Å². The molecule has 0 atom stereocenters. The average Bonchev–Trinajstić information content (AvgIpc) is 2.17. The lowest BCUT2D eigenvalue weighted by molar-refractivity contribution is -0.139. The lowest BCUT2D eigenvalue weighted by atomic mass is 10.3. The van der Waals surface area contributed by atoms with Crippen LogP contribution in [0.1, 0.15) is 6.42 Å².